The summed E-state index contributed by atoms with van der Waals surface area (Å²) < 4.78 is 7.55. The molecule has 0 fully saturated rings. The van der Waals surface area contributed by atoms with Crippen LogP contribution in [0.3, 0.4) is 0 Å². The van der Waals surface area contributed by atoms with Crippen LogP contribution in [-0.4, -0.2) is 17.6 Å². The Morgan fingerprint density at radius 1 is 1.19 bits per heavy atom. The smallest absolute Gasteiger partial charge is 0.354 e. The molecule has 0 aliphatic rings. The molecule has 2 aromatic carbocycles. The number of carbonyl (C=O) groups excluding carboxylic acids is 1. The third kappa shape index (κ3) is 1.83. The third-order valence-electron chi connectivity index (χ3n) is 3.63. The van der Waals surface area contributed by atoms with E-state index in [4.69, 9.17) is 4.74 Å². The fraction of sp³-hybridized carbons (Fsp3) is 0.118. The quantitative estimate of drug-likeness (QED) is 0.544. The molecule has 0 atom stereocenters. The molecule has 0 amide bonds. The number of hydrogen-bond acceptors (Lipinski definition) is 3. The minimum absolute atomic E-state index is 0.304. The highest BCUT2D eigenvalue weighted by atomic mass is 32.1. The Kier molecular flexibility index (Phi) is 2.72. The molecular weight excluding hydrogens is 282 g/mol. The average molecular weight is 295 g/mol. The van der Waals surface area contributed by atoms with Crippen LogP contribution in [0.1, 0.15) is 17.4 Å². The van der Waals surface area contributed by atoms with Crippen LogP contribution < -0.4 is 0 Å². The fourth-order valence-electron chi connectivity index (χ4n) is 2.73. The van der Waals surface area contributed by atoms with Crippen molar-refractivity contribution in [2.24, 2.45) is 0 Å². The second-order valence-electron chi connectivity index (χ2n) is 4.90. The molecule has 0 radical (unpaired) electrons. The lowest BCUT2D eigenvalue weighted by atomic mass is 10.1. The van der Waals surface area contributed by atoms with Crippen LogP contribution in [0, 0.1) is 0 Å². The molecule has 2 aromatic heterocycles. The lowest BCUT2D eigenvalue weighted by Gasteiger charge is -1.97. The van der Waals surface area contributed by atoms with Crippen molar-refractivity contribution in [3.8, 4) is 0 Å². The molecule has 3 nitrogen and oxygen atoms in total. The van der Waals surface area contributed by atoms with Crippen LogP contribution in [-0.2, 0) is 4.74 Å². The zero-order valence-electron chi connectivity index (χ0n) is 11.5. The van der Waals surface area contributed by atoms with Crippen molar-refractivity contribution >= 4 is 48.4 Å². The van der Waals surface area contributed by atoms with Crippen molar-refractivity contribution in [2.45, 2.75) is 6.92 Å². The van der Waals surface area contributed by atoms with Crippen molar-refractivity contribution < 1.29 is 9.53 Å². The Balaban J connectivity index is 2.06. The van der Waals surface area contributed by atoms with Crippen LogP contribution in [0.5, 0.6) is 0 Å². The Labute approximate surface area is 125 Å². The van der Waals surface area contributed by atoms with Crippen molar-refractivity contribution in [3.63, 3.8) is 0 Å². The van der Waals surface area contributed by atoms with Gasteiger partial charge >= 0.3 is 5.97 Å². The largest absolute Gasteiger partial charge is 0.461 e. The molecule has 0 aliphatic carbocycles. The molecule has 0 bridgehead atoms. The molecule has 21 heavy (non-hydrogen) atoms. The van der Waals surface area contributed by atoms with E-state index in [0.717, 1.165) is 10.9 Å². The van der Waals surface area contributed by atoms with E-state index in [0.29, 0.717) is 12.3 Å². The molecule has 1 N–H and O–H groups in total. The van der Waals surface area contributed by atoms with E-state index in [1.165, 1.54) is 20.2 Å². The van der Waals surface area contributed by atoms with E-state index < -0.39 is 0 Å². The molecule has 4 heteroatoms. The van der Waals surface area contributed by atoms with Crippen molar-refractivity contribution in [3.05, 3.63) is 48.2 Å². The normalized spacial score (nSPS) is 11.5. The van der Waals surface area contributed by atoms with Gasteiger partial charge in [0.25, 0.3) is 0 Å². The number of aromatic nitrogens is 1. The SMILES string of the molecule is CCOC(=O)c1cc2ccc3sc4ccccc4c3c2[nH]1. The molecule has 0 saturated heterocycles. The number of hydrogen-bond donors (Lipinski definition) is 1. The summed E-state index contributed by atoms with van der Waals surface area (Å²) in [7, 11) is 0. The first-order valence-corrected chi connectivity index (χ1v) is 7.69. The number of benzene rings is 2. The number of esters is 1. The van der Waals surface area contributed by atoms with Gasteiger partial charge in [-0.3, -0.25) is 0 Å². The summed E-state index contributed by atoms with van der Waals surface area (Å²) in [5, 5.41) is 3.44. The molecular formula is C17H13NO2S. The number of aromatic amines is 1. The van der Waals surface area contributed by atoms with Gasteiger partial charge in [0, 0.05) is 25.6 Å². The van der Waals surface area contributed by atoms with E-state index in [2.05, 4.69) is 23.2 Å². The van der Waals surface area contributed by atoms with Crippen molar-refractivity contribution in [1.29, 1.82) is 0 Å². The van der Waals surface area contributed by atoms with Crippen LogP contribution in [0.4, 0.5) is 0 Å². The molecule has 4 rings (SSSR count). The van der Waals surface area contributed by atoms with E-state index in [1.807, 2.05) is 31.2 Å². The first kappa shape index (κ1) is 12.4. The third-order valence-corrected chi connectivity index (χ3v) is 4.77. The van der Waals surface area contributed by atoms with Gasteiger partial charge in [0.2, 0.25) is 0 Å². The van der Waals surface area contributed by atoms with Crippen molar-refractivity contribution in [1.82, 2.24) is 4.98 Å². The number of thiophene rings is 1. The number of rotatable bonds is 2. The summed E-state index contributed by atoms with van der Waals surface area (Å²) in [6.45, 7) is 2.19. The maximum Gasteiger partial charge on any atom is 0.354 e. The van der Waals surface area contributed by atoms with Gasteiger partial charge in [-0.15, -0.1) is 11.3 Å². The summed E-state index contributed by atoms with van der Waals surface area (Å²) in [5.74, 6) is -0.304. The lowest BCUT2D eigenvalue weighted by Crippen LogP contribution is -2.04. The van der Waals surface area contributed by atoms with Crippen LogP contribution in [0.2, 0.25) is 0 Å². The topological polar surface area (TPSA) is 42.1 Å². The molecule has 0 aliphatic heterocycles. The standard InChI is InChI=1S/C17H13NO2S/c1-2-20-17(19)12-9-10-7-8-14-15(16(10)18-12)11-5-3-4-6-13(11)21-14/h3-9,18H,2H2,1H3. The molecule has 4 aromatic rings. The number of H-pyrrole nitrogens is 1. The van der Waals surface area contributed by atoms with E-state index >= 15 is 0 Å². The van der Waals surface area contributed by atoms with Crippen molar-refractivity contribution in [2.75, 3.05) is 6.61 Å². The summed E-state index contributed by atoms with van der Waals surface area (Å²) in [6, 6.07) is 14.4. The monoisotopic (exact) mass is 295 g/mol. The highest BCUT2D eigenvalue weighted by Gasteiger charge is 2.14. The van der Waals surface area contributed by atoms with E-state index in [-0.39, 0.29) is 5.97 Å². The number of nitrogens with one attached hydrogen (secondary N) is 1. The maximum absolute atomic E-state index is 11.9. The zero-order valence-corrected chi connectivity index (χ0v) is 12.3. The summed E-state index contributed by atoms with van der Waals surface area (Å²) in [5.41, 5.74) is 1.52. The predicted octanol–water partition coefficient (Wildman–Crippen LogP) is 4.71. The Morgan fingerprint density at radius 3 is 2.90 bits per heavy atom. The highest BCUT2D eigenvalue weighted by molar-refractivity contribution is 7.26. The molecule has 0 spiro atoms. The second-order valence-corrected chi connectivity index (χ2v) is 5.99. The van der Waals surface area contributed by atoms with Crippen LogP contribution in [0.25, 0.3) is 31.1 Å². The molecule has 2 heterocycles. The van der Waals surface area contributed by atoms with Gasteiger partial charge < -0.3 is 9.72 Å². The fourth-order valence-corrected chi connectivity index (χ4v) is 3.85. The molecule has 104 valence electrons. The maximum atomic E-state index is 11.9. The van der Waals surface area contributed by atoms with Crippen LogP contribution >= 0.6 is 11.3 Å². The summed E-state index contributed by atoms with van der Waals surface area (Å²) in [6.07, 6.45) is 0. The number of carbonyl (C=O) groups is 1. The van der Waals surface area contributed by atoms with Gasteiger partial charge in [0.1, 0.15) is 5.69 Å². The van der Waals surface area contributed by atoms with Gasteiger partial charge in [-0.1, -0.05) is 24.3 Å². The Bertz CT molecular complexity index is 980. The van der Waals surface area contributed by atoms with E-state index in [1.54, 1.807) is 11.3 Å². The first-order valence-electron chi connectivity index (χ1n) is 6.88. The second kappa shape index (κ2) is 4.60. The molecule has 0 saturated carbocycles. The van der Waals surface area contributed by atoms with Gasteiger partial charge in [0.05, 0.1) is 12.1 Å². The summed E-state index contributed by atoms with van der Waals surface area (Å²) in [4.78, 5) is 15.1. The lowest BCUT2D eigenvalue weighted by molar-refractivity contribution is 0.0520. The first-order chi connectivity index (χ1) is 10.3. The predicted molar refractivity (Wildman–Crippen MR) is 87.1 cm³/mol. The van der Waals surface area contributed by atoms with Gasteiger partial charge in [0.15, 0.2) is 0 Å². The summed E-state index contributed by atoms with van der Waals surface area (Å²) >= 11 is 1.77. The average Bonchev–Trinajstić information content (AvgIpc) is 3.07. The number of ether oxygens (including phenoxy) is 1. The minimum atomic E-state index is -0.304. The van der Waals surface area contributed by atoms with Gasteiger partial charge in [-0.2, -0.15) is 0 Å². The minimum Gasteiger partial charge on any atom is -0.461 e. The number of fused-ring (bicyclic) bond motifs is 5. The highest BCUT2D eigenvalue weighted by Crippen LogP contribution is 2.38. The van der Waals surface area contributed by atoms with Gasteiger partial charge in [-0.05, 0) is 25.1 Å². The zero-order chi connectivity index (χ0) is 14.4. The van der Waals surface area contributed by atoms with E-state index in [9.17, 15) is 4.79 Å². The Hall–Kier alpha value is -2.33. The molecule has 0 unspecified atom stereocenters. The van der Waals surface area contributed by atoms with Crippen LogP contribution in [0.15, 0.2) is 42.5 Å². The Morgan fingerprint density at radius 2 is 2.05 bits per heavy atom. The van der Waals surface area contributed by atoms with Gasteiger partial charge in [-0.25, -0.2) is 4.79 Å².